The van der Waals surface area contributed by atoms with Crippen molar-refractivity contribution in [2.45, 2.75) is 90.4 Å². The molecule has 0 aliphatic rings. The molecule has 1 radical (unpaired) electrons. The first-order valence-electron chi connectivity index (χ1n) is 7.44. The minimum absolute atomic E-state index is 0.539. The van der Waals surface area contributed by atoms with Crippen LogP contribution in [-0.4, -0.2) is 0 Å². The van der Waals surface area contributed by atoms with Crippen molar-refractivity contribution < 1.29 is 0 Å². The molecule has 0 spiro atoms. The first-order valence-corrected chi connectivity index (χ1v) is 8.19. The van der Waals surface area contributed by atoms with E-state index in [0.717, 1.165) is 12.8 Å². The molecule has 0 amide bonds. The topological polar surface area (TPSA) is 0 Å². The summed E-state index contributed by atoms with van der Waals surface area (Å²) in [6, 6.07) is 0. The number of hydrogen-bond acceptors (Lipinski definition) is 0. The SMILES string of the molecule is CCCCCCCCCCCCCC[C](Cl)Cl. The molecule has 17 heavy (non-hydrogen) atoms. The van der Waals surface area contributed by atoms with E-state index in [1.165, 1.54) is 70.6 Å². The van der Waals surface area contributed by atoms with Crippen LogP contribution in [0.15, 0.2) is 0 Å². The van der Waals surface area contributed by atoms with Crippen molar-refractivity contribution in [3.05, 3.63) is 4.84 Å². The molecule has 0 saturated heterocycles. The van der Waals surface area contributed by atoms with E-state index in [1.54, 1.807) is 0 Å². The average Bonchev–Trinajstić information content (AvgIpc) is 2.30. The molecule has 0 aliphatic heterocycles. The van der Waals surface area contributed by atoms with Crippen LogP contribution < -0.4 is 0 Å². The second-order valence-corrected chi connectivity index (χ2v) is 6.08. The van der Waals surface area contributed by atoms with E-state index in [4.69, 9.17) is 23.2 Å². The molecule has 0 bridgehead atoms. The van der Waals surface area contributed by atoms with Gasteiger partial charge < -0.3 is 0 Å². The summed E-state index contributed by atoms with van der Waals surface area (Å²) in [5, 5.41) is 0. The van der Waals surface area contributed by atoms with Gasteiger partial charge in [-0.3, -0.25) is 0 Å². The third-order valence-electron chi connectivity index (χ3n) is 3.22. The molecule has 0 saturated carbocycles. The Kier molecular flexibility index (Phi) is 15.1. The van der Waals surface area contributed by atoms with Gasteiger partial charge in [-0.05, 0) is 6.42 Å². The number of halogens is 2. The van der Waals surface area contributed by atoms with Crippen LogP contribution in [0.3, 0.4) is 0 Å². The molecule has 0 aromatic carbocycles. The smallest absolute Gasteiger partial charge is 0.0983 e. The Hall–Kier alpha value is 0.580. The molecule has 0 heterocycles. The van der Waals surface area contributed by atoms with E-state index >= 15 is 0 Å². The summed E-state index contributed by atoms with van der Waals surface area (Å²) in [6.07, 6.45) is 17.4. The van der Waals surface area contributed by atoms with Gasteiger partial charge in [0.05, 0.1) is 0 Å². The molecule has 0 atom stereocenters. The third-order valence-corrected chi connectivity index (χ3v) is 3.60. The maximum atomic E-state index is 5.59. The van der Waals surface area contributed by atoms with E-state index < -0.39 is 0 Å². The Morgan fingerprint density at radius 2 is 0.941 bits per heavy atom. The molecule has 0 aliphatic carbocycles. The van der Waals surface area contributed by atoms with Crippen LogP contribution in [0.1, 0.15) is 90.4 Å². The van der Waals surface area contributed by atoms with Gasteiger partial charge in [-0.25, -0.2) is 0 Å². The van der Waals surface area contributed by atoms with E-state index in [9.17, 15) is 0 Å². The molecule has 0 nitrogen and oxygen atoms in total. The van der Waals surface area contributed by atoms with E-state index in [-0.39, 0.29) is 0 Å². The molecule has 0 unspecified atom stereocenters. The highest BCUT2D eigenvalue weighted by molar-refractivity contribution is 6.52. The highest BCUT2D eigenvalue weighted by Crippen LogP contribution is 2.21. The fraction of sp³-hybridized carbons (Fsp3) is 0.933. The predicted molar refractivity (Wildman–Crippen MR) is 80.6 cm³/mol. The third kappa shape index (κ3) is 16.6. The summed E-state index contributed by atoms with van der Waals surface area (Å²) in [7, 11) is 0. The highest BCUT2D eigenvalue weighted by atomic mass is 35.5. The lowest BCUT2D eigenvalue weighted by atomic mass is 10.0. The Morgan fingerprint density at radius 3 is 1.29 bits per heavy atom. The number of rotatable bonds is 13. The minimum Gasteiger partial charge on any atom is -0.0983 e. The molecular formula is C15H29Cl2. The van der Waals surface area contributed by atoms with E-state index in [0.29, 0.717) is 4.84 Å². The lowest BCUT2D eigenvalue weighted by Gasteiger charge is -2.03. The van der Waals surface area contributed by atoms with E-state index in [2.05, 4.69) is 6.92 Å². The molecule has 2 heteroatoms. The maximum Gasteiger partial charge on any atom is 0.151 e. The van der Waals surface area contributed by atoms with Crippen molar-refractivity contribution in [3.8, 4) is 0 Å². The predicted octanol–water partition coefficient (Wildman–Crippen LogP) is 7.04. The van der Waals surface area contributed by atoms with Gasteiger partial charge in [0.1, 0.15) is 0 Å². The van der Waals surface area contributed by atoms with Crippen LogP contribution in [0, 0.1) is 4.84 Å². The summed E-state index contributed by atoms with van der Waals surface area (Å²) >= 11 is 11.2. The minimum atomic E-state index is 0.539. The summed E-state index contributed by atoms with van der Waals surface area (Å²) < 4.78 is 0. The lowest BCUT2D eigenvalue weighted by Crippen LogP contribution is -1.83. The molecule has 103 valence electrons. The Morgan fingerprint density at radius 1 is 0.588 bits per heavy atom. The van der Waals surface area contributed by atoms with Crippen LogP contribution >= 0.6 is 23.2 Å². The van der Waals surface area contributed by atoms with Crippen LogP contribution in [0.4, 0.5) is 0 Å². The van der Waals surface area contributed by atoms with Crippen LogP contribution in [0.2, 0.25) is 0 Å². The summed E-state index contributed by atoms with van der Waals surface area (Å²) in [6.45, 7) is 2.27. The molecule has 0 rings (SSSR count). The maximum absolute atomic E-state index is 5.59. The summed E-state index contributed by atoms with van der Waals surface area (Å²) in [5.41, 5.74) is 0. The monoisotopic (exact) mass is 279 g/mol. The fourth-order valence-electron chi connectivity index (χ4n) is 2.10. The molecule has 0 aromatic heterocycles. The summed E-state index contributed by atoms with van der Waals surface area (Å²) in [5.74, 6) is 0. The Labute approximate surface area is 118 Å². The molecule has 0 fully saturated rings. The van der Waals surface area contributed by atoms with Crippen molar-refractivity contribution in [2.24, 2.45) is 0 Å². The lowest BCUT2D eigenvalue weighted by molar-refractivity contribution is 0.544. The van der Waals surface area contributed by atoms with Crippen LogP contribution in [-0.2, 0) is 0 Å². The molecular weight excluding hydrogens is 251 g/mol. The average molecular weight is 280 g/mol. The second-order valence-electron chi connectivity index (χ2n) is 4.98. The first kappa shape index (κ1) is 17.6. The van der Waals surface area contributed by atoms with Crippen molar-refractivity contribution in [1.29, 1.82) is 0 Å². The zero-order valence-corrected chi connectivity index (χ0v) is 13.0. The summed E-state index contributed by atoms with van der Waals surface area (Å²) in [4.78, 5) is 0.539. The van der Waals surface area contributed by atoms with E-state index in [1.807, 2.05) is 0 Å². The quantitative estimate of drug-likeness (QED) is 0.317. The van der Waals surface area contributed by atoms with Gasteiger partial charge in [-0.2, -0.15) is 0 Å². The number of unbranched alkanes of at least 4 members (excludes halogenated alkanes) is 11. The molecule has 0 N–H and O–H groups in total. The van der Waals surface area contributed by atoms with Gasteiger partial charge >= 0.3 is 0 Å². The Balaban J connectivity index is 2.89. The standard InChI is InChI=1S/C15H29Cl2/c1-2-3-4-5-6-7-8-9-10-11-12-13-14-15(16)17/h2-14H2,1H3. The first-order chi connectivity index (χ1) is 8.27. The largest absolute Gasteiger partial charge is 0.151 e. The van der Waals surface area contributed by atoms with Crippen LogP contribution in [0.5, 0.6) is 0 Å². The van der Waals surface area contributed by atoms with Crippen molar-refractivity contribution in [2.75, 3.05) is 0 Å². The van der Waals surface area contributed by atoms with Gasteiger partial charge in [-0.15, -0.1) is 0 Å². The molecule has 0 aromatic rings. The second kappa shape index (κ2) is 14.6. The van der Waals surface area contributed by atoms with Gasteiger partial charge in [0.2, 0.25) is 0 Å². The van der Waals surface area contributed by atoms with Gasteiger partial charge in [0, 0.05) is 0 Å². The fourth-order valence-corrected chi connectivity index (χ4v) is 2.37. The van der Waals surface area contributed by atoms with Crippen molar-refractivity contribution in [3.63, 3.8) is 0 Å². The zero-order chi connectivity index (χ0) is 12.8. The van der Waals surface area contributed by atoms with Crippen molar-refractivity contribution in [1.82, 2.24) is 0 Å². The normalized spacial score (nSPS) is 11.3. The zero-order valence-electron chi connectivity index (χ0n) is 11.4. The van der Waals surface area contributed by atoms with Crippen LogP contribution in [0.25, 0.3) is 0 Å². The van der Waals surface area contributed by atoms with Gasteiger partial charge in [-0.1, -0.05) is 107 Å². The number of hydrogen-bond donors (Lipinski definition) is 0. The highest BCUT2D eigenvalue weighted by Gasteiger charge is 1.99. The van der Waals surface area contributed by atoms with Gasteiger partial charge in [0.15, 0.2) is 4.84 Å². The Bertz CT molecular complexity index is 135. The van der Waals surface area contributed by atoms with Crippen molar-refractivity contribution >= 4 is 23.2 Å². The van der Waals surface area contributed by atoms with Gasteiger partial charge in [0.25, 0.3) is 0 Å².